The Kier molecular flexibility index (Phi) is 4.99. The molecule has 2 heterocycles. The summed E-state index contributed by atoms with van der Waals surface area (Å²) < 4.78 is 75.5. The van der Waals surface area contributed by atoms with Crippen LogP contribution in [-0.4, -0.2) is 42.1 Å². The molecule has 0 saturated carbocycles. The Morgan fingerprint density at radius 1 is 1.33 bits per heavy atom. The van der Waals surface area contributed by atoms with Crippen molar-refractivity contribution in [3.63, 3.8) is 0 Å². The predicted octanol–water partition coefficient (Wildman–Crippen LogP) is 1.37. The second-order valence-corrected chi connectivity index (χ2v) is 6.72. The number of pyridine rings is 1. The average Bonchev–Trinajstić information content (AvgIpc) is 2.52. The summed E-state index contributed by atoms with van der Waals surface area (Å²) >= 11 is 0. The maximum Gasteiger partial charge on any atom is 0.516 e. The van der Waals surface area contributed by atoms with Gasteiger partial charge in [-0.25, -0.2) is 18.7 Å². The molecule has 2 rings (SSSR count). The first-order chi connectivity index (χ1) is 11.1. The number of aromatic nitrogens is 1. The molecule has 0 bridgehead atoms. The number of hydrazone groups is 1. The molecule has 0 atom stereocenters. The van der Waals surface area contributed by atoms with Crippen molar-refractivity contribution in [2.24, 2.45) is 10.8 Å². The lowest BCUT2D eigenvalue weighted by atomic mass is 10.2. The Balaban J connectivity index is 2.38. The summed E-state index contributed by atoms with van der Waals surface area (Å²) in [5.41, 5.74) is 0.376. The van der Waals surface area contributed by atoms with E-state index in [1.54, 1.807) is 0 Å². The Labute approximate surface area is 135 Å². The van der Waals surface area contributed by atoms with Crippen molar-refractivity contribution in [1.29, 1.82) is 0 Å². The SMILES string of the molecule is CCC1=NN(c2ncc(CN)cc2F)CCN1S(=O)(=O)C(F)(F)F. The normalized spacial score (nSPS) is 16.3. The zero-order chi connectivity index (χ0) is 18.1. The van der Waals surface area contributed by atoms with Gasteiger partial charge in [-0.3, -0.25) is 0 Å². The van der Waals surface area contributed by atoms with Crippen LogP contribution in [0, 0.1) is 5.82 Å². The number of nitrogens with zero attached hydrogens (tertiary/aromatic N) is 4. The van der Waals surface area contributed by atoms with Gasteiger partial charge in [-0.1, -0.05) is 6.92 Å². The van der Waals surface area contributed by atoms with Gasteiger partial charge in [-0.05, 0) is 11.6 Å². The molecular weight excluding hydrogens is 354 g/mol. The molecule has 1 aliphatic rings. The van der Waals surface area contributed by atoms with Crippen LogP contribution in [0.5, 0.6) is 0 Å². The molecule has 0 aromatic carbocycles. The number of hydrogen-bond acceptors (Lipinski definition) is 6. The van der Waals surface area contributed by atoms with Gasteiger partial charge in [0.25, 0.3) is 0 Å². The number of anilines is 1. The number of sulfonamides is 1. The molecule has 24 heavy (non-hydrogen) atoms. The van der Waals surface area contributed by atoms with Crippen LogP contribution >= 0.6 is 0 Å². The third kappa shape index (κ3) is 3.29. The zero-order valence-corrected chi connectivity index (χ0v) is 13.4. The van der Waals surface area contributed by atoms with E-state index in [4.69, 9.17) is 5.73 Å². The summed E-state index contributed by atoms with van der Waals surface area (Å²) in [6, 6.07) is 1.14. The monoisotopic (exact) mass is 369 g/mol. The molecule has 1 aromatic heterocycles. The van der Waals surface area contributed by atoms with E-state index in [0.717, 1.165) is 11.1 Å². The van der Waals surface area contributed by atoms with Gasteiger partial charge in [0.2, 0.25) is 0 Å². The summed E-state index contributed by atoms with van der Waals surface area (Å²) in [7, 11) is -5.54. The van der Waals surface area contributed by atoms with E-state index in [1.807, 2.05) is 0 Å². The number of amidine groups is 1. The summed E-state index contributed by atoms with van der Waals surface area (Å²) in [5.74, 6) is -1.30. The van der Waals surface area contributed by atoms with Crippen molar-refractivity contribution in [3.8, 4) is 0 Å². The van der Waals surface area contributed by atoms with Crippen LogP contribution in [0.25, 0.3) is 0 Å². The smallest absolute Gasteiger partial charge is 0.326 e. The quantitative estimate of drug-likeness (QED) is 0.810. The number of rotatable bonds is 4. The highest BCUT2D eigenvalue weighted by atomic mass is 32.2. The lowest BCUT2D eigenvalue weighted by molar-refractivity contribution is -0.0473. The standard InChI is InChI=1S/C12H15F4N5O2S/c1-2-10-19-20(11-9(13)5-8(6-17)7-18-11)3-4-21(10)24(22,23)12(14,15)16/h5,7H,2-4,6,17H2,1H3. The average molecular weight is 369 g/mol. The van der Waals surface area contributed by atoms with Crippen molar-refractivity contribution in [3.05, 3.63) is 23.6 Å². The van der Waals surface area contributed by atoms with Gasteiger partial charge in [-0.15, -0.1) is 0 Å². The molecule has 7 nitrogen and oxygen atoms in total. The molecule has 0 aliphatic carbocycles. The first kappa shape index (κ1) is 18.4. The predicted molar refractivity (Wildman–Crippen MR) is 78.8 cm³/mol. The van der Waals surface area contributed by atoms with Crippen LogP contribution < -0.4 is 10.7 Å². The van der Waals surface area contributed by atoms with Crippen LogP contribution in [0.4, 0.5) is 23.4 Å². The van der Waals surface area contributed by atoms with Gasteiger partial charge < -0.3 is 5.73 Å². The number of halogens is 4. The number of alkyl halides is 3. The van der Waals surface area contributed by atoms with E-state index in [-0.39, 0.29) is 35.5 Å². The second-order valence-electron chi connectivity index (χ2n) is 4.87. The molecule has 0 amide bonds. The van der Waals surface area contributed by atoms with Gasteiger partial charge in [0.05, 0.1) is 13.1 Å². The van der Waals surface area contributed by atoms with E-state index in [0.29, 0.717) is 5.56 Å². The lowest BCUT2D eigenvalue weighted by Gasteiger charge is -2.33. The highest BCUT2D eigenvalue weighted by molar-refractivity contribution is 7.90. The van der Waals surface area contributed by atoms with E-state index >= 15 is 0 Å². The third-order valence-electron chi connectivity index (χ3n) is 3.30. The fourth-order valence-electron chi connectivity index (χ4n) is 2.11. The van der Waals surface area contributed by atoms with Gasteiger partial charge in [0.15, 0.2) is 11.6 Å². The molecule has 0 fully saturated rings. The second kappa shape index (κ2) is 6.51. The van der Waals surface area contributed by atoms with Crippen LogP contribution in [0.1, 0.15) is 18.9 Å². The first-order valence-electron chi connectivity index (χ1n) is 6.90. The summed E-state index contributed by atoms with van der Waals surface area (Å²) in [6.07, 6.45) is 1.23. The van der Waals surface area contributed by atoms with E-state index in [9.17, 15) is 26.0 Å². The maximum absolute atomic E-state index is 14.0. The molecular formula is C12H15F4N5O2S. The summed E-state index contributed by atoms with van der Waals surface area (Å²) in [4.78, 5) is 3.85. The minimum Gasteiger partial charge on any atom is -0.326 e. The molecule has 2 N–H and O–H groups in total. The fourth-order valence-corrected chi connectivity index (χ4v) is 3.12. The van der Waals surface area contributed by atoms with E-state index in [1.165, 1.54) is 13.1 Å². The molecule has 134 valence electrons. The van der Waals surface area contributed by atoms with Gasteiger partial charge in [0, 0.05) is 19.2 Å². The number of nitrogens with two attached hydrogens (primary N) is 1. The minimum atomic E-state index is -5.54. The third-order valence-corrected chi connectivity index (χ3v) is 4.85. The molecule has 0 saturated heterocycles. The Hall–Kier alpha value is -1.95. The van der Waals surface area contributed by atoms with Crippen molar-refractivity contribution >= 4 is 21.7 Å². The largest absolute Gasteiger partial charge is 0.516 e. The maximum atomic E-state index is 14.0. The Bertz CT molecular complexity index is 750. The molecule has 0 spiro atoms. The molecule has 12 heteroatoms. The lowest BCUT2D eigenvalue weighted by Crippen LogP contribution is -2.51. The van der Waals surface area contributed by atoms with Crippen LogP contribution in [0.3, 0.4) is 0 Å². The summed E-state index contributed by atoms with van der Waals surface area (Å²) in [6.45, 7) is 0.729. The van der Waals surface area contributed by atoms with Gasteiger partial charge >= 0.3 is 15.5 Å². The van der Waals surface area contributed by atoms with Crippen LogP contribution in [-0.2, 0) is 16.6 Å². The molecule has 1 aliphatic heterocycles. The van der Waals surface area contributed by atoms with Crippen molar-refractivity contribution in [2.45, 2.75) is 25.4 Å². The van der Waals surface area contributed by atoms with Crippen LogP contribution in [0.15, 0.2) is 17.4 Å². The van der Waals surface area contributed by atoms with E-state index in [2.05, 4.69) is 10.1 Å². The Morgan fingerprint density at radius 3 is 2.50 bits per heavy atom. The Morgan fingerprint density at radius 2 is 2.00 bits per heavy atom. The molecule has 0 unspecified atom stereocenters. The highest BCUT2D eigenvalue weighted by Gasteiger charge is 2.51. The van der Waals surface area contributed by atoms with Crippen molar-refractivity contribution < 1.29 is 26.0 Å². The molecule has 0 radical (unpaired) electrons. The van der Waals surface area contributed by atoms with Gasteiger partial charge in [0.1, 0.15) is 5.84 Å². The van der Waals surface area contributed by atoms with Crippen molar-refractivity contribution in [2.75, 3.05) is 18.1 Å². The van der Waals surface area contributed by atoms with E-state index < -0.39 is 27.9 Å². The van der Waals surface area contributed by atoms with Crippen LogP contribution in [0.2, 0.25) is 0 Å². The summed E-state index contributed by atoms with van der Waals surface area (Å²) in [5, 5.41) is 4.85. The minimum absolute atomic E-state index is 0.0747. The molecule has 1 aromatic rings. The van der Waals surface area contributed by atoms with Crippen molar-refractivity contribution in [1.82, 2.24) is 9.29 Å². The zero-order valence-electron chi connectivity index (χ0n) is 12.6. The topological polar surface area (TPSA) is 91.9 Å². The highest BCUT2D eigenvalue weighted by Crippen LogP contribution is 2.29. The fraction of sp³-hybridized carbons (Fsp3) is 0.500. The first-order valence-corrected chi connectivity index (χ1v) is 8.34. The van der Waals surface area contributed by atoms with Gasteiger partial charge in [-0.2, -0.15) is 26.7 Å². The number of hydrogen-bond donors (Lipinski definition) is 1.